The minimum absolute atomic E-state index is 0.0905. The summed E-state index contributed by atoms with van der Waals surface area (Å²) >= 11 is 0. The van der Waals surface area contributed by atoms with Crippen LogP contribution >= 0.6 is 0 Å². The molecule has 0 radical (unpaired) electrons. The Morgan fingerprint density at radius 3 is 2.57 bits per heavy atom. The molecule has 0 unspecified atom stereocenters. The van der Waals surface area contributed by atoms with Gasteiger partial charge >= 0.3 is 0 Å². The smallest absolute Gasteiger partial charge is 0.205 e. The molecule has 0 saturated heterocycles. The van der Waals surface area contributed by atoms with Crippen LogP contribution in [0.1, 0.15) is 38.4 Å². The Bertz CT molecular complexity index is 798. The molecule has 3 rings (SSSR count). The molecule has 0 N–H and O–H groups in total. The van der Waals surface area contributed by atoms with Crippen molar-refractivity contribution in [2.45, 2.75) is 39.0 Å². The van der Waals surface area contributed by atoms with Gasteiger partial charge < -0.3 is 4.42 Å². The van der Waals surface area contributed by atoms with E-state index < -0.39 is 11.6 Å². The summed E-state index contributed by atoms with van der Waals surface area (Å²) in [6, 6.07) is 5.66. The number of furan rings is 1. The zero-order chi connectivity index (χ0) is 16.6. The molecule has 0 amide bonds. The van der Waals surface area contributed by atoms with E-state index >= 15 is 0 Å². The maximum absolute atomic E-state index is 13.1. The third-order valence-corrected chi connectivity index (χ3v) is 4.61. The van der Waals surface area contributed by atoms with Crippen LogP contribution in [0, 0.1) is 11.2 Å². The lowest BCUT2D eigenvalue weighted by Crippen LogP contribution is -2.20. The van der Waals surface area contributed by atoms with Gasteiger partial charge in [0.25, 0.3) is 0 Å². The molecule has 1 fully saturated rings. The van der Waals surface area contributed by atoms with Crippen molar-refractivity contribution in [3.63, 3.8) is 0 Å². The van der Waals surface area contributed by atoms with Crippen LogP contribution in [0.4, 0.5) is 4.39 Å². The molecule has 23 heavy (non-hydrogen) atoms. The normalized spacial score (nSPS) is 15.6. The van der Waals surface area contributed by atoms with E-state index in [0.29, 0.717) is 23.2 Å². The van der Waals surface area contributed by atoms with Crippen molar-refractivity contribution in [3.8, 4) is 0 Å². The van der Waals surface area contributed by atoms with E-state index in [4.69, 9.17) is 4.42 Å². The van der Waals surface area contributed by atoms with Gasteiger partial charge in [0.2, 0.25) is 5.78 Å². The Hall–Kier alpha value is -2.30. The van der Waals surface area contributed by atoms with Crippen LogP contribution in [0.15, 0.2) is 28.7 Å². The Balaban J connectivity index is 1.61. The van der Waals surface area contributed by atoms with Crippen LogP contribution in [0.5, 0.6) is 0 Å². The molecule has 1 aliphatic rings. The average Bonchev–Trinajstić information content (AvgIpc) is 3.20. The number of carbonyl (C=O) groups is 3. The average molecular weight is 316 g/mol. The summed E-state index contributed by atoms with van der Waals surface area (Å²) in [4.78, 5) is 35.4. The quantitative estimate of drug-likeness (QED) is 0.734. The Kier molecular flexibility index (Phi) is 3.88. The van der Waals surface area contributed by atoms with E-state index in [2.05, 4.69) is 0 Å². The number of carbonyl (C=O) groups excluding carboxylic acids is 3. The molecule has 5 heteroatoms. The van der Waals surface area contributed by atoms with Gasteiger partial charge in [-0.15, -0.1) is 0 Å². The molecule has 0 bridgehead atoms. The second-order valence-corrected chi connectivity index (χ2v) is 6.25. The summed E-state index contributed by atoms with van der Waals surface area (Å²) < 4.78 is 18.6. The Morgan fingerprint density at radius 2 is 1.91 bits per heavy atom. The van der Waals surface area contributed by atoms with Crippen molar-refractivity contribution in [1.82, 2.24) is 0 Å². The highest BCUT2D eigenvalue weighted by Crippen LogP contribution is 2.50. The van der Waals surface area contributed by atoms with Gasteiger partial charge in [0, 0.05) is 17.2 Å². The largest absolute Gasteiger partial charge is 0.461 e. The van der Waals surface area contributed by atoms with E-state index in [0.717, 1.165) is 12.8 Å². The standard InChI is InChI=1S/C18H17FO4/c1-11(20)18(6-7-18)5-4-15(21)16(22)10-14-9-12-8-13(19)2-3-17(12)23-14/h2-3,8-9H,4-7,10H2,1H3. The van der Waals surface area contributed by atoms with Crippen LogP contribution in [-0.2, 0) is 20.8 Å². The highest BCUT2D eigenvalue weighted by atomic mass is 19.1. The maximum atomic E-state index is 13.1. The van der Waals surface area contributed by atoms with Gasteiger partial charge in [0.1, 0.15) is 22.9 Å². The number of hydrogen-bond acceptors (Lipinski definition) is 4. The first kappa shape index (κ1) is 15.6. The second-order valence-electron chi connectivity index (χ2n) is 6.25. The number of benzene rings is 1. The van der Waals surface area contributed by atoms with Crippen molar-refractivity contribution < 1.29 is 23.2 Å². The summed E-state index contributed by atoms with van der Waals surface area (Å²) in [6.07, 6.45) is 2.01. The molecule has 1 aromatic carbocycles. The van der Waals surface area contributed by atoms with Crippen LogP contribution in [0.3, 0.4) is 0 Å². The predicted molar refractivity (Wildman–Crippen MR) is 81.5 cm³/mol. The number of ketones is 3. The molecule has 1 heterocycles. The molecule has 120 valence electrons. The molecular formula is C18H17FO4. The summed E-state index contributed by atoms with van der Waals surface area (Å²) in [5.74, 6) is -0.965. The SMILES string of the molecule is CC(=O)C1(CCC(=O)C(=O)Cc2cc3cc(F)ccc3o2)CC1. The lowest BCUT2D eigenvalue weighted by atomic mass is 9.93. The molecular weight excluding hydrogens is 299 g/mol. The fraction of sp³-hybridized carbons (Fsp3) is 0.389. The molecule has 0 atom stereocenters. The molecule has 0 aliphatic heterocycles. The van der Waals surface area contributed by atoms with E-state index in [1.54, 1.807) is 6.07 Å². The summed E-state index contributed by atoms with van der Waals surface area (Å²) in [5.41, 5.74) is 0.113. The van der Waals surface area contributed by atoms with Gasteiger partial charge in [0.15, 0.2) is 5.78 Å². The maximum Gasteiger partial charge on any atom is 0.205 e. The summed E-state index contributed by atoms with van der Waals surface area (Å²) in [7, 11) is 0. The number of rotatable bonds is 7. The first-order chi connectivity index (χ1) is 10.9. The highest BCUT2D eigenvalue weighted by molar-refractivity contribution is 6.37. The van der Waals surface area contributed by atoms with Crippen molar-refractivity contribution in [1.29, 1.82) is 0 Å². The molecule has 0 spiro atoms. The van der Waals surface area contributed by atoms with Gasteiger partial charge in [-0.3, -0.25) is 14.4 Å². The van der Waals surface area contributed by atoms with E-state index in [-0.39, 0.29) is 29.9 Å². The Labute approximate surface area is 132 Å². The fourth-order valence-electron chi connectivity index (χ4n) is 2.83. The number of fused-ring (bicyclic) bond motifs is 1. The van der Waals surface area contributed by atoms with Gasteiger partial charge in [-0.25, -0.2) is 4.39 Å². The molecule has 1 saturated carbocycles. The minimum atomic E-state index is -0.538. The van der Waals surface area contributed by atoms with Crippen LogP contribution < -0.4 is 0 Å². The third-order valence-electron chi connectivity index (χ3n) is 4.61. The molecule has 4 nitrogen and oxygen atoms in total. The van der Waals surface area contributed by atoms with Gasteiger partial charge in [-0.2, -0.15) is 0 Å². The predicted octanol–water partition coefficient (Wildman–Crippen LogP) is 3.40. The van der Waals surface area contributed by atoms with Crippen molar-refractivity contribution in [2.75, 3.05) is 0 Å². The monoisotopic (exact) mass is 316 g/mol. The first-order valence-corrected chi connectivity index (χ1v) is 7.65. The third kappa shape index (κ3) is 3.23. The number of hydrogen-bond donors (Lipinski definition) is 0. The van der Waals surface area contributed by atoms with Crippen LogP contribution in [0.2, 0.25) is 0 Å². The van der Waals surface area contributed by atoms with Crippen molar-refractivity contribution in [3.05, 3.63) is 35.8 Å². The zero-order valence-corrected chi connectivity index (χ0v) is 12.9. The lowest BCUT2D eigenvalue weighted by molar-refractivity contribution is -0.136. The van der Waals surface area contributed by atoms with Crippen molar-refractivity contribution >= 4 is 28.3 Å². The number of Topliss-reactive ketones (excluding diaryl/α,β-unsaturated/α-hetero) is 3. The molecule has 1 aromatic heterocycles. The Morgan fingerprint density at radius 1 is 1.17 bits per heavy atom. The topological polar surface area (TPSA) is 64.3 Å². The summed E-state index contributed by atoms with van der Waals surface area (Å²) in [5, 5.41) is 0.564. The first-order valence-electron chi connectivity index (χ1n) is 7.65. The zero-order valence-electron chi connectivity index (χ0n) is 12.9. The fourth-order valence-corrected chi connectivity index (χ4v) is 2.83. The summed E-state index contributed by atoms with van der Waals surface area (Å²) in [6.45, 7) is 1.53. The van der Waals surface area contributed by atoms with Crippen molar-refractivity contribution in [2.24, 2.45) is 5.41 Å². The van der Waals surface area contributed by atoms with E-state index in [1.807, 2.05) is 0 Å². The van der Waals surface area contributed by atoms with E-state index in [9.17, 15) is 18.8 Å². The molecule has 2 aromatic rings. The van der Waals surface area contributed by atoms with E-state index in [1.165, 1.54) is 25.1 Å². The van der Waals surface area contributed by atoms with Gasteiger partial charge in [-0.05, 0) is 50.5 Å². The number of halogens is 1. The highest BCUT2D eigenvalue weighted by Gasteiger charge is 2.46. The van der Waals surface area contributed by atoms with Gasteiger partial charge in [0.05, 0.1) is 6.42 Å². The van der Waals surface area contributed by atoms with Gasteiger partial charge in [-0.1, -0.05) is 0 Å². The van der Waals surface area contributed by atoms with Crippen LogP contribution in [-0.4, -0.2) is 17.3 Å². The molecule has 1 aliphatic carbocycles. The second kappa shape index (κ2) is 5.72. The van der Waals surface area contributed by atoms with Crippen LogP contribution in [0.25, 0.3) is 11.0 Å². The minimum Gasteiger partial charge on any atom is -0.461 e. The lowest BCUT2D eigenvalue weighted by Gasteiger charge is -2.09.